The summed E-state index contributed by atoms with van der Waals surface area (Å²) in [5, 5.41) is 10.3. The maximum atomic E-state index is 10.3. The van der Waals surface area contributed by atoms with Crippen molar-refractivity contribution < 1.29 is 5.11 Å². The van der Waals surface area contributed by atoms with Crippen LogP contribution in [0.15, 0.2) is 54.6 Å². The third kappa shape index (κ3) is 2.99. The maximum Gasteiger partial charge on any atom is 0.0796 e. The maximum absolute atomic E-state index is 10.3. The van der Waals surface area contributed by atoms with E-state index in [1.807, 2.05) is 36.4 Å². The smallest absolute Gasteiger partial charge is 0.0796 e. The Kier molecular flexibility index (Phi) is 4.54. The van der Waals surface area contributed by atoms with Crippen molar-refractivity contribution in [1.82, 2.24) is 0 Å². The summed E-state index contributed by atoms with van der Waals surface area (Å²) in [5.41, 5.74) is 3.35. The van der Waals surface area contributed by atoms with Crippen molar-refractivity contribution in [2.75, 3.05) is 0 Å². The van der Waals surface area contributed by atoms with Gasteiger partial charge in [0.2, 0.25) is 0 Å². The Labute approximate surface area is 109 Å². The fraction of sp³-hybridized carbons (Fsp3) is 0.294. The second-order valence-electron chi connectivity index (χ2n) is 4.61. The van der Waals surface area contributed by atoms with Gasteiger partial charge in [-0.25, -0.2) is 0 Å². The lowest BCUT2D eigenvalue weighted by Gasteiger charge is -2.15. The molecule has 18 heavy (non-hydrogen) atoms. The number of unbranched alkanes of at least 4 members (excludes halogenated alkanes) is 1. The number of aliphatic hydroxyl groups is 1. The molecule has 1 atom stereocenters. The number of hydrogen-bond acceptors (Lipinski definition) is 1. The van der Waals surface area contributed by atoms with E-state index in [-0.39, 0.29) is 6.10 Å². The van der Waals surface area contributed by atoms with Gasteiger partial charge in [0.15, 0.2) is 0 Å². The highest BCUT2D eigenvalue weighted by Crippen LogP contribution is 2.30. The van der Waals surface area contributed by atoms with Gasteiger partial charge in [0.1, 0.15) is 0 Å². The van der Waals surface area contributed by atoms with E-state index in [1.165, 1.54) is 5.56 Å². The van der Waals surface area contributed by atoms with Crippen molar-refractivity contribution in [3.63, 3.8) is 0 Å². The van der Waals surface area contributed by atoms with Crippen LogP contribution in [0.3, 0.4) is 0 Å². The highest BCUT2D eigenvalue weighted by atomic mass is 16.3. The standard InChI is InChI=1S/C17H20O/c1-2-3-13-17(18)16-12-8-7-11-15(16)14-9-5-4-6-10-14/h4-12,17-18H,2-3,13H2,1H3. The van der Waals surface area contributed by atoms with Gasteiger partial charge in [0.25, 0.3) is 0 Å². The molecule has 2 rings (SSSR count). The number of benzene rings is 2. The molecule has 2 aromatic carbocycles. The first-order chi connectivity index (χ1) is 8.83. The lowest BCUT2D eigenvalue weighted by atomic mass is 9.94. The van der Waals surface area contributed by atoms with E-state index in [4.69, 9.17) is 0 Å². The second-order valence-corrected chi connectivity index (χ2v) is 4.61. The van der Waals surface area contributed by atoms with Crippen molar-refractivity contribution in [3.8, 4) is 11.1 Å². The van der Waals surface area contributed by atoms with Crippen molar-refractivity contribution in [2.24, 2.45) is 0 Å². The summed E-state index contributed by atoms with van der Waals surface area (Å²) >= 11 is 0. The van der Waals surface area contributed by atoms with Gasteiger partial charge >= 0.3 is 0 Å². The van der Waals surface area contributed by atoms with E-state index in [0.717, 1.165) is 30.4 Å². The molecule has 94 valence electrons. The van der Waals surface area contributed by atoms with Gasteiger partial charge in [-0.2, -0.15) is 0 Å². The Morgan fingerprint density at radius 3 is 2.33 bits per heavy atom. The minimum atomic E-state index is -0.360. The fourth-order valence-electron chi connectivity index (χ4n) is 2.22. The Balaban J connectivity index is 2.31. The molecule has 0 bridgehead atoms. The zero-order valence-electron chi connectivity index (χ0n) is 10.8. The molecule has 1 heteroatoms. The molecular formula is C17H20O. The van der Waals surface area contributed by atoms with Gasteiger partial charge < -0.3 is 5.11 Å². The molecule has 0 saturated carbocycles. The van der Waals surface area contributed by atoms with Crippen molar-refractivity contribution in [1.29, 1.82) is 0 Å². The summed E-state index contributed by atoms with van der Waals surface area (Å²) in [6.07, 6.45) is 2.65. The number of aliphatic hydroxyl groups excluding tert-OH is 1. The van der Waals surface area contributed by atoms with E-state index in [9.17, 15) is 5.11 Å². The van der Waals surface area contributed by atoms with Gasteiger partial charge in [-0.15, -0.1) is 0 Å². The predicted octanol–water partition coefficient (Wildman–Crippen LogP) is 4.58. The zero-order chi connectivity index (χ0) is 12.8. The molecule has 0 aliphatic carbocycles. The average molecular weight is 240 g/mol. The summed E-state index contributed by atoms with van der Waals surface area (Å²) in [5.74, 6) is 0. The van der Waals surface area contributed by atoms with Gasteiger partial charge in [-0.05, 0) is 23.1 Å². The average Bonchev–Trinajstić information content (AvgIpc) is 2.45. The van der Waals surface area contributed by atoms with E-state index in [0.29, 0.717) is 0 Å². The van der Waals surface area contributed by atoms with Crippen molar-refractivity contribution in [2.45, 2.75) is 32.3 Å². The van der Waals surface area contributed by atoms with Gasteiger partial charge in [0, 0.05) is 0 Å². The quantitative estimate of drug-likeness (QED) is 0.811. The van der Waals surface area contributed by atoms with Crippen LogP contribution in [0.4, 0.5) is 0 Å². The SMILES string of the molecule is CCCCC(O)c1ccccc1-c1ccccc1. The molecule has 0 aliphatic heterocycles. The van der Waals surface area contributed by atoms with E-state index in [2.05, 4.69) is 25.1 Å². The molecule has 0 heterocycles. The Bertz CT molecular complexity index is 476. The monoisotopic (exact) mass is 240 g/mol. The molecule has 1 unspecified atom stereocenters. The van der Waals surface area contributed by atoms with E-state index in [1.54, 1.807) is 0 Å². The topological polar surface area (TPSA) is 20.2 Å². The lowest BCUT2D eigenvalue weighted by molar-refractivity contribution is 0.165. The molecule has 0 spiro atoms. The van der Waals surface area contributed by atoms with Crippen LogP contribution < -0.4 is 0 Å². The van der Waals surface area contributed by atoms with Crippen LogP contribution in [0.5, 0.6) is 0 Å². The molecule has 1 N–H and O–H groups in total. The Morgan fingerprint density at radius 1 is 0.944 bits per heavy atom. The zero-order valence-corrected chi connectivity index (χ0v) is 10.8. The summed E-state index contributed by atoms with van der Waals surface area (Å²) in [6.45, 7) is 2.15. The molecule has 0 radical (unpaired) electrons. The largest absolute Gasteiger partial charge is 0.388 e. The highest BCUT2D eigenvalue weighted by molar-refractivity contribution is 5.67. The van der Waals surface area contributed by atoms with Crippen molar-refractivity contribution >= 4 is 0 Å². The molecule has 0 amide bonds. The van der Waals surface area contributed by atoms with E-state index < -0.39 is 0 Å². The molecule has 0 saturated heterocycles. The summed E-state index contributed by atoms with van der Waals surface area (Å²) in [6, 6.07) is 18.4. The Morgan fingerprint density at radius 2 is 1.61 bits per heavy atom. The second kappa shape index (κ2) is 6.36. The molecule has 0 aromatic heterocycles. The van der Waals surface area contributed by atoms with Crippen LogP contribution >= 0.6 is 0 Å². The normalized spacial score (nSPS) is 12.3. The lowest BCUT2D eigenvalue weighted by Crippen LogP contribution is -1.99. The molecular weight excluding hydrogens is 220 g/mol. The van der Waals surface area contributed by atoms with E-state index >= 15 is 0 Å². The number of hydrogen-bond donors (Lipinski definition) is 1. The summed E-state index contributed by atoms with van der Waals surface area (Å²) in [4.78, 5) is 0. The van der Waals surface area contributed by atoms with Crippen LogP contribution in [0.2, 0.25) is 0 Å². The van der Waals surface area contributed by atoms with Crippen LogP contribution in [-0.2, 0) is 0 Å². The summed E-state index contributed by atoms with van der Waals surface area (Å²) < 4.78 is 0. The van der Waals surface area contributed by atoms with Gasteiger partial charge in [0.05, 0.1) is 6.10 Å². The molecule has 0 aliphatic rings. The first-order valence-electron chi connectivity index (χ1n) is 6.65. The molecule has 1 nitrogen and oxygen atoms in total. The van der Waals surface area contributed by atoms with Crippen LogP contribution in [0.25, 0.3) is 11.1 Å². The van der Waals surface area contributed by atoms with Crippen LogP contribution in [0.1, 0.15) is 37.9 Å². The third-order valence-electron chi connectivity index (χ3n) is 3.24. The fourth-order valence-corrected chi connectivity index (χ4v) is 2.22. The predicted molar refractivity (Wildman–Crippen MR) is 76.4 cm³/mol. The van der Waals surface area contributed by atoms with Crippen LogP contribution in [-0.4, -0.2) is 5.11 Å². The highest BCUT2D eigenvalue weighted by Gasteiger charge is 2.12. The molecule has 2 aromatic rings. The summed E-state index contributed by atoms with van der Waals surface area (Å²) in [7, 11) is 0. The number of rotatable bonds is 5. The first kappa shape index (κ1) is 12.8. The Hall–Kier alpha value is -1.60. The third-order valence-corrected chi connectivity index (χ3v) is 3.24. The van der Waals surface area contributed by atoms with Crippen molar-refractivity contribution in [3.05, 3.63) is 60.2 Å². The molecule has 0 fully saturated rings. The van der Waals surface area contributed by atoms with Gasteiger partial charge in [-0.3, -0.25) is 0 Å². The minimum absolute atomic E-state index is 0.360. The van der Waals surface area contributed by atoms with Gasteiger partial charge in [-0.1, -0.05) is 74.4 Å². The first-order valence-corrected chi connectivity index (χ1v) is 6.65. The minimum Gasteiger partial charge on any atom is -0.388 e. The van der Waals surface area contributed by atoms with Crippen LogP contribution in [0, 0.1) is 0 Å².